The van der Waals surface area contributed by atoms with Crippen LogP contribution in [0.2, 0.25) is 10.0 Å². The Labute approximate surface area is 185 Å². The van der Waals surface area contributed by atoms with Gasteiger partial charge in [-0.3, -0.25) is 9.10 Å². The van der Waals surface area contributed by atoms with Crippen molar-refractivity contribution in [1.82, 2.24) is 0 Å². The number of amides is 1. The molecule has 0 aliphatic heterocycles. The van der Waals surface area contributed by atoms with Crippen LogP contribution in [0, 0.1) is 0 Å². The van der Waals surface area contributed by atoms with Gasteiger partial charge in [-0.25, -0.2) is 8.42 Å². The van der Waals surface area contributed by atoms with E-state index in [9.17, 15) is 13.2 Å². The van der Waals surface area contributed by atoms with Crippen LogP contribution in [-0.4, -0.2) is 27.1 Å². The maximum Gasteiger partial charge on any atom is 0.245 e. The van der Waals surface area contributed by atoms with Gasteiger partial charge in [0, 0.05) is 10.0 Å². The molecule has 0 fully saturated rings. The molecule has 30 heavy (non-hydrogen) atoms. The number of carbonyl (C=O) groups excluding carboxylic acids is 1. The number of nitrogens with zero attached hydrogens (tertiary/aromatic N) is 1. The van der Waals surface area contributed by atoms with Crippen LogP contribution in [0.15, 0.2) is 72.8 Å². The highest BCUT2D eigenvalue weighted by atomic mass is 35.5. The van der Waals surface area contributed by atoms with Crippen molar-refractivity contribution in [2.24, 2.45) is 0 Å². The molecule has 9 heteroatoms. The van der Waals surface area contributed by atoms with Crippen LogP contribution < -0.4 is 14.4 Å². The van der Waals surface area contributed by atoms with E-state index >= 15 is 0 Å². The highest BCUT2D eigenvalue weighted by Gasteiger charge is 2.22. The molecular formula is C21H18Cl2N2O4S. The molecule has 0 spiro atoms. The summed E-state index contributed by atoms with van der Waals surface area (Å²) in [5, 5.41) is 3.42. The van der Waals surface area contributed by atoms with Gasteiger partial charge in [-0.15, -0.1) is 0 Å². The average Bonchev–Trinajstić information content (AvgIpc) is 2.68. The third kappa shape index (κ3) is 5.89. The standard InChI is InChI=1S/C21H18Cl2N2O4S/c1-30(27,28)25(17-7-5-6-15(22)12-17)14-21(26)24-19-13-16(23)10-11-20(19)29-18-8-3-2-4-9-18/h2-13H,14H2,1H3,(H,24,26). The lowest BCUT2D eigenvalue weighted by Gasteiger charge is -2.22. The highest BCUT2D eigenvalue weighted by molar-refractivity contribution is 7.92. The maximum atomic E-state index is 12.7. The highest BCUT2D eigenvalue weighted by Crippen LogP contribution is 2.32. The Morgan fingerprint density at radius 2 is 1.67 bits per heavy atom. The topological polar surface area (TPSA) is 75.7 Å². The molecule has 6 nitrogen and oxygen atoms in total. The lowest BCUT2D eigenvalue weighted by molar-refractivity contribution is -0.114. The summed E-state index contributed by atoms with van der Waals surface area (Å²) < 4.78 is 31.3. The quantitative estimate of drug-likeness (QED) is 0.521. The molecule has 156 valence electrons. The van der Waals surface area contributed by atoms with E-state index in [4.69, 9.17) is 27.9 Å². The molecule has 0 aliphatic rings. The Kier molecular flexibility index (Phi) is 6.87. The van der Waals surface area contributed by atoms with Crippen LogP contribution >= 0.6 is 23.2 Å². The van der Waals surface area contributed by atoms with Crippen LogP contribution in [-0.2, 0) is 14.8 Å². The number of nitrogens with one attached hydrogen (secondary N) is 1. The molecule has 0 heterocycles. The Balaban J connectivity index is 1.83. The first-order chi connectivity index (χ1) is 14.2. The number of rotatable bonds is 7. The van der Waals surface area contributed by atoms with E-state index in [0.717, 1.165) is 10.6 Å². The normalized spacial score (nSPS) is 11.0. The molecule has 3 aromatic carbocycles. The van der Waals surface area contributed by atoms with Crippen molar-refractivity contribution >= 4 is 50.5 Å². The maximum absolute atomic E-state index is 12.7. The van der Waals surface area contributed by atoms with E-state index in [1.165, 1.54) is 12.1 Å². The first-order valence-corrected chi connectivity index (χ1v) is 11.4. The lowest BCUT2D eigenvalue weighted by atomic mass is 10.2. The minimum absolute atomic E-state index is 0.284. The molecule has 0 aliphatic carbocycles. The van der Waals surface area contributed by atoms with Crippen LogP contribution in [0.4, 0.5) is 11.4 Å². The smallest absolute Gasteiger partial charge is 0.245 e. The molecule has 0 unspecified atom stereocenters. The van der Waals surface area contributed by atoms with Crippen molar-refractivity contribution in [3.05, 3.63) is 82.8 Å². The summed E-state index contributed by atoms with van der Waals surface area (Å²) in [6, 6.07) is 20.1. The number of carbonyl (C=O) groups is 1. The van der Waals surface area contributed by atoms with Crippen molar-refractivity contribution in [2.45, 2.75) is 0 Å². The van der Waals surface area contributed by atoms with Crippen LogP contribution in [0.25, 0.3) is 0 Å². The molecule has 0 saturated carbocycles. The van der Waals surface area contributed by atoms with Gasteiger partial charge >= 0.3 is 0 Å². The first kappa shape index (κ1) is 22.0. The molecule has 0 radical (unpaired) electrons. The Morgan fingerprint density at radius 1 is 0.967 bits per heavy atom. The number of anilines is 2. The fourth-order valence-electron chi connectivity index (χ4n) is 2.66. The van der Waals surface area contributed by atoms with Gasteiger partial charge in [-0.2, -0.15) is 0 Å². The molecule has 3 aromatic rings. The van der Waals surface area contributed by atoms with Gasteiger partial charge in [0.2, 0.25) is 15.9 Å². The predicted molar refractivity (Wildman–Crippen MR) is 120 cm³/mol. The van der Waals surface area contributed by atoms with Crippen LogP contribution in [0.3, 0.4) is 0 Å². The molecule has 1 amide bonds. The third-order valence-electron chi connectivity index (χ3n) is 3.97. The summed E-state index contributed by atoms with van der Waals surface area (Å²) >= 11 is 12.0. The molecule has 0 atom stereocenters. The predicted octanol–water partition coefficient (Wildman–Crippen LogP) is 5.19. The van der Waals surface area contributed by atoms with Gasteiger partial charge in [-0.1, -0.05) is 47.5 Å². The Morgan fingerprint density at radius 3 is 2.33 bits per heavy atom. The molecule has 0 bridgehead atoms. The Bertz CT molecular complexity index is 1150. The minimum Gasteiger partial charge on any atom is -0.455 e. The number of ether oxygens (including phenoxy) is 1. The number of halogens is 2. The van der Waals surface area contributed by atoms with Crippen molar-refractivity contribution in [3.8, 4) is 11.5 Å². The summed E-state index contributed by atoms with van der Waals surface area (Å²) in [5.74, 6) is 0.375. The first-order valence-electron chi connectivity index (χ1n) is 8.78. The number of para-hydroxylation sites is 1. The van der Waals surface area contributed by atoms with Crippen molar-refractivity contribution in [2.75, 3.05) is 22.4 Å². The van der Waals surface area contributed by atoms with Gasteiger partial charge in [0.1, 0.15) is 12.3 Å². The van der Waals surface area contributed by atoms with Gasteiger partial charge in [-0.05, 0) is 48.5 Å². The van der Waals surface area contributed by atoms with E-state index < -0.39 is 22.5 Å². The van der Waals surface area contributed by atoms with Crippen LogP contribution in [0.5, 0.6) is 11.5 Å². The van der Waals surface area contributed by atoms with E-state index in [1.807, 2.05) is 18.2 Å². The van der Waals surface area contributed by atoms with Gasteiger partial charge in [0.05, 0.1) is 17.6 Å². The molecular weight excluding hydrogens is 447 g/mol. The van der Waals surface area contributed by atoms with Crippen molar-refractivity contribution < 1.29 is 17.9 Å². The number of benzene rings is 3. The Hall–Kier alpha value is -2.74. The second-order valence-electron chi connectivity index (χ2n) is 6.35. The van der Waals surface area contributed by atoms with Crippen molar-refractivity contribution in [1.29, 1.82) is 0 Å². The summed E-state index contributed by atoms with van der Waals surface area (Å²) in [6.45, 7) is -0.448. The SMILES string of the molecule is CS(=O)(=O)N(CC(=O)Nc1cc(Cl)ccc1Oc1ccccc1)c1cccc(Cl)c1. The van der Waals surface area contributed by atoms with Gasteiger partial charge < -0.3 is 10.1 Å². The molecule has 3 rings (SSSR count). The zero-order valence-corrected chi connectivity index (χ0v) is 18.2. The van der Waals surface area contributed by atoms with E-state index in [-0.39, 0.29) is 5.69 Å². The third-order valence-corrected chi connectivity index (χ3v) is 5.58. The number of hydrogen-bond acceptors (Lipinski definition) is 4. The summed E-state index contributed by atoms with van der Waals surface area (Å²) in [4.78, 5) is 12.7. The largest absolute Gasteiger partial charge is 0.455 e. The minimum atomic E-state index is -3.73. The molecule has 1 N–H and O–H groups in total. The van der Waals surface area contributed by atoms with E-state index in [0.29, 0.717) is 27.2 Å². The molecule has 0 saturated heterocycles. The van der Waals surface area contributed by atoms with E-state index in [2.05, 4.69) is 5.32 Å². The fourth-order valence-corrected chi connectivity index (χ4v) is 3.86. The second-order valence-corrected chi connectivity index (χ2v) is 9.13. The fraction of sp³-hybridized carbons (Fsp3) is 0.0952. The average molecular weight is 465 g/mol. The van der Waals surface area contributed by atoms with E-state index in [1.54, 1.807) is 42.5 Å². The second kappa shape index (κ2) is 9.38. The number of hydrogen-bond donors (Lipinski definition) is 1. The zero-order chi connectivity index (χ0) is 21.7. The molecule has 0 aromatic heterocycles. The van der Waals surface area contributed by atoms with Gasteiger partial charge in [0.25, 0.3) is 0 Å². The monoisotopic (exact) mass is 464 g/mol. The summed E-state index contributed by atoms with van der Waals surface area (Å²) in [6.07, 6.45) is 1.02. The summed E-state index contributed by atoms with van der Waals surface area (Å²) in [7, 11) is -3.73. The number of sulfonamides is 1. The van der Waals surface area contributed by atoms with Crippen molar-refractivity contribution in [3.63, 3.8) is 0 Å². The van der Waals surface area contributed by atoms with Crippen LogP contribution in [0.1, 0.15) is 0 Å². The van der Waals surface area contributed by atoms with Gasteiger partial charge in [0.15, 0.2) is 5.75 Å². The lowest BCUT2D eigenvalue weighted by Crippen LogP contribution is -2.37. The zero-order valence-electron chi connectivity index (χ0n) is 15.9. The summed E-state index contributed by atoms with van der Waals surface area (Å²) in [5.41, 5.74) is 0.600.